The molecular weight excluding hydrogens is 272 g/mol. The third-order valence-electron chi connectivity index (χ3n) is 4.17. The normalized spacial score (nSPS) is 13.8. The molecule has 0 saturated carbocycles. The van der Waals surface area contributed by atoms with Crippen molar-refractivity contribution in [1.29, 1.82) is 0 Å². The summed E-state index contributed by atoms with van der Waals surface area (Å²) in [5.74, 6) is 0.183. The number of nitrogens with one attached hydrogen (secondary N) is 1. The molecule has 1 aliphatic heterocycles. The maximum atomic E-state index is 12.3. The van der Waals surface area contributed by atoms with Crippen molar-refractivity contribution in [3.8, 4) is 0 Å². The van der Waals surface area contributed by atoms with Gasteiger partial charge in [-0.3, -0.25) is 4.79 Å². The van der Waals surface area contributed by atoms with Crippen molar-refractivity contribution in [2.75, 3.05) is 13.1 Å². The number of hydrogen-bond donors (Lipinski definition) is 1. The van der Waals surface area contributed by atoms with E-state index in [0.717, 1.165) is 26.1 Å². The third kappa shape index (κ3) is 3.55. The van der Waals surface area contributed by atoms with Gasteiger partial charge in [-0.05, 0) is 30.0 Å². The molecule has 0 aliphatic carbocycles. The van der Waals surface area contributed by atoms with Crippen molar-refractivity contribution in [3.63, 3.8) is 0 Å². The summed E-state index contributed by atoms with van der Waals surface area (Å²) in [5, 5.41) is 3.26. The van der Waals surface area contributed by atoms with E-state index in [0.29, 0.717) is 6.54 Å². The van der Waals surface area contributed by atoms with Crippen molar-refractivity contribution in [1.82, 2.24) is 10.2 Å². The molecule has 0 bridgehead atoms. The molecule has 1 amide bonds. The van der Waals surface area contributed by atoms with E-state index in [1.807, 2.05) is 11.0 Å². The number of hydrogen-bond acceptors (Lipinski definition) is 2. The molecule has 0 fully saturated rings. The summed E-state index contributed by atoms with van der Waals surface area (Å²) in [5.41, 5.74) is 5.12. The second-order valence-electron chi connectivity index (χ2n) is 5.93. The van der Waals surface area contributed by atoms with E-state index in [9.17, 15) is 4.79 Å². The lowest BCUT2D eigenvalue weighted by Gasteiger charge is -2.29. The first-order chi connectivity index (χ1) is 10.7. The highest BCUT2D eigenvalue weighted by Gasteiger charge is 2.19. The molecule has 22 heavy (non-hydrogen) atoms. The molecule has 114 valence electrons. The zero-order chi connectivity index (χ0) is 15.4. The smallest absolute Gasteiger partial charge is 0.236 e. The van der Waals surface area contributed by atoms with E-state index >= 15 is 0 Å². The summed E-state index contributed by atoms with van der Waals surface area (Å²) in [6.07, 6.45) is 0.958. The first kappa shape index (κ1) is 14.8. The predicted octanol–water partition coefficient (Wildman–Crippen LogP) is 2.67. The quantitative estimate of drug-likeness (QED) is 0.940. The minimum atomic E-state index is 0.183. The van der Waals surface area contributed by atoms with Crippen LogP contribution in [0.2, 0.25) is 0 Å². The van der Waals surface area contributed by atoms with Crippen molar-refractivity contribution >= 4 is 5.91 Å². The summed E-state index contributed by atoms with van der Waals surface area (Å²) >= 11 is 0. The standard InChI is InChI=1S/C19H22N2O/c1-15-5-4-6-16(11-15)12-20-13-19(22)21-10-9-17-7-2-3-8-18(17)14-21/h2-8,11,20H,9-10,12-14H2,1H3. The van der Waals surface area contributed by atoms with Crippen LogP contribution in [0.4, 0.5) is 0 Å². The number of carbonyl (C=O) groups excluding carboxylic acids is 1. The Hall–Kier alpha value is -2.13. The molecule has 0 aromatic heterocycles. The van der Waals surface area contributed by atoms with Crippen molar-refractivity contribution in [2.24, 2.45) is 0 Å². The predicted molar refractivity (Wildman–Crippen MR) is 88.4 cm³/mol. The maximum absolute atomic E-state index is 12.3. The Balaban J connectivity index is 1.51. The molecule has 0 spiro atoms. The molecule has 0 saturated heterocycles. The van der Waals surface area contributed by atoms with Crippen LogP contribution >= 0.6 is 0 Å². The number of amides is 1. The van der Waals surface area contributed by atoms with Crippen molar-refractivity contribution in [3.05, 3.63) is 70.8 Å². The largest absolute Gasteiger partial charge is 0.337 e. The van der Waals surface area contributed by atoms with Gasteiger partial charge in [-0.15, -0.1) is 0 Å². The fraction of sp³-hybridized carbons (Fsp3) is 0.316. The molecule has 1 aliphatic rings. The molecule has 3 rings (SSSR count). The lowest BCUT2D eigenvalue weighted by Crippen LogP contribution is -2.41. The van der Waals surface area contributed by atoms with Crippen LogP contribution in [-0.2, 0) is 24.3 Å². The zero-order valence-electron chi connectivity index (χ0n) is 13.0. The highest BCUT2D eigenvalue weighted by Crippen LogP contribution is 2.18. The van der Waals surface area contributed by atoms with Gasteiger partial charge in [-0.25, -0.2) is 0 Å². The summed E-state index contributed by atoms with van der Waals surface area (Å²) in [7, 11) is 0. The fourth-order valence-corrected chi connectivity index (χ4v) is 2.96. The van der Waals surface area contributed by atoms with Gasteiger partial charge in [0.25, 0.3) is 0 Å². The molecular formula is C19H22N2O. The molecule has 2 aromatic rings. The van der Waals surface area contributed by atoms with Crippen molar-refractivity contribution < 1.29 is 4.79 Å². The highest BCUT2D eigenvalue weighted by atomic mass is 16.2. The first-order valence-corrected chi connectivity index (χ1v) is 7.83. The number of aryl methyl sites for hydroxylation is 1. The van der Waals surface area contributed by atoms with E-state index < -0.39 is 0 Å². The van der Waals surface area contributed by atoms with E-state index in [4.69, 9.17) is 0 Å². The SMILES string of the molecule is Cc1cccc(CNCC(=O)N2CCc3ccccc3C2)c1. The molecule has 1 N–H and O–H groups in total. The Morgan fingerprint density at radius 1 is 1.14 bits per heavy atom. The molecule has 0 atom stereocenters. The van der Waals surface area contributed by atoms with Gasteiger partial charge in [-0.1, -0.05) is 54.1 Å². The second kappa shape index (κ2) is 6.75. The Kier molecular flexibility index (Phi) is 4.54. The average Bonchev–Trinajstić information content (AvgIpc) is 2.54. The summed E-state index contributed by atoms with van der Waals surface area (Å²) in [6.45, 7) is 4.77. The lowest BCUT2D eigenvalue weighted by molar-refractivity contribution is -0.131. The van der Waals surface area contributed by atoms with Crippen LogP contribution in [0.25, 0.3) is 0 Å². The Labute approximate surface area is 132 Å². The van der Waals surface area contributed by atoms with E-state index in [1.54, 1.807) is 0 Å². The summed E-state index contributed by atoms with van der Waals surface area (Å²) in [6, 6.07) is 16.8. The van der Waals surface area contributed by atoms with Gasteiger partial charge >= 0.3 is 0 Å². The van der Waals surface area contributed by atoms with Gasteiger partial charge in [0.1, 0.15) is 0 Å². The van der Waals surface area contributed by atoms with Crippen LogP contribution in [0.1, 0.15) is 22.3 Å². The highest BCUT2D eigenvalue weighted by molar-refractivity contribution is 5.78. The molecule has 1 heterocycles. The number of benzene rings is 2. The Morgan fingerprint density at radius 3 is 2.77 bits per heavy atom. The summed E-state index contributed by atoms with van der Waals surface area (Å²) in [4.78, 5) is 14.3. The van der Waals surface area contributed by atoms with Gasteiger partial charge in [0.2, 0.25) is 5.91 Å². The van der Waals surface area contributed by atoms with Gasteiger partial charge in [0.15, 0.2) is 0 Å². The van der Waals surface area contributed by atoms with Crippen LogP contribution in [-0.4, -0.2) is 23.9 Å². The minimum Gasteiger partial charge on any atom is -0.337 e. The van der Waals surface area contributed by atoms with Crippen molar-refractivity contribution in [2.45, 2.75) is 26.4 Å². The fourth-order valence-electron chi connectivity index (χ4n) is 2.96. The molecule has 3 heteroatoms. The first-order valence-electron chi connectivity index (χ1n) is 7.83. The molecule has 0 radical (unpaired) electrons. The average molecular weight is 294 g/mol. The Bertz CT molecular complexity index is 666. The number of fused-ring (bicyclic) bond motifs is 1. The number of carbonyl (C=O) groups is 1. The second-order valence-corrected chi connectivity index (χ2v) is 5.93. The van der Waals surface area contributed by atoms with Crippen LogP contribution < -0.4 is 5.32 Å². The maximum Gasteiger partial charge on any atom is 0.236 e. The summed E-state index contributed by atoms with van der Waals surface area (Å²) < 4.78 is 0. The van der Waals surface area contributed by atoms with Gasteiger partial charge in [-0.2, -0.15) is 0 Å². The Morgan fingerprint density at radius 2 is 1.95 bits per heavy atom. The number of nitrogens with zero attached hydrogens (tertiary/aromatic N) is 1. The monoisotopic (exact) mass is 294 g/mol. The third-order valence-corrected chi connectivity index (χ3v) is 4.17. The molecule has 2 aromatic carbocycles. The van der Waals surface area contributed by atoms with Crippen LogP contribution in [0.3, 0.4) is 0 Å². The zero-order valence-corrected chi connectivity index (χ0v) is 13.0. The molecule has 0 unspecified atom stereocenters. The van der Waals surface area contributed by atoms with Crippen LogP contribution in [0.5, 0.6) is 0 Å². The topological polar surface area (TPSA) is 32.3 Å². The van der Waals surface area contributed by atoms with Gasteiger partial charge in [0, 0.05) is 19.6 Å². The molecule has 3 nitrogen and oxygen atoms in total. The van der Waals surface area contributed by atoms with Crippen LogP contribution in [0.15, 0.2) is 48.5 Å². The number of rotatable bonds is 4. The van der Waals surface area contributed by atoms with E-state index in [2.05, 4.69) is 54.7 Å². The van der Waals surface area contributed by atoms with Gasteiger partial charge < -0.3 is 10.2 Å². The van der Waals surface area contributed by atoms with Crippen LogP contribution in [0, 0.1) is 6.92 Å². The van der Waals surface area contributed by atoms with E-state index in [-0.39, 0.29) is 5.91 Å². The van der Waals surface area contributed by atoms with E-state index in [1.165, 1.54) is 22.3 Å². The lowest BCUT2D eigenvalue weighted by atomic mass is 10.00. The minimum absolute atomic E-state index is 0.183. The van der Waals surface area contributed by atoms with Gasteiger partial charge in [0.05, 0.1) is 6.54 Å².